The lowest BCUT2D eigenvalue weighted by molar-refractivity contribution is -0.161. The molecule has 0 amide bonds. The maximum Gasteiger partial charge on any atom is 0.472 e. The van der Waals surface area contributed by atoms with E-state index in [0.29, 0.717) is 6.42 Å². The van der Waals surface area contributed by atoms with E-state index in [4.69, 9.17) is 24.3 Å². The fourth-order valence-electron chi connectivity index (χ4n) is 9.40. The maximum atomic E-state index is 12.7. The van der Waals surface area contributed by atoms with Crippen molar-refractivity contribution in [2.24, 2.45) is 5.73 Å². The zero-order chi connectivity index (χ0) is 57.3. The summed E-state index contributed by atoms with van der Waals surface area (Å²) in [4.78, 5) is 35.3. The molecule has 3 N–H and O–H groups in total. The Bertz CT molecular complexity index is 1570. The molecule has 0 aliphatic heterocycles. The van der Waals surface area contributed by atoms with E-state index in [0.717, 1.165) is 77.0 Å². The molecular formula is C69H124NO8P. The summed E-state index contributed by atoms with van der Waals surface area (Å²) in [6.45, 7) is 3.66. The van der Waals surface area contributed by atoms with Gasteiger partial charge in [0.25, 0.3) is 0 Å². The number of hydrogen-bond donors (Lipinski definition) is 2. The number of carbonyl (C=O) groups excluding carboxylic acids is 2. The molecule has 79 heavy (non-hydrogen) atoms. The molecule has 458 valence electrons. The smallest absolute Gasteiger partial charge is 0.462 e. The molecule has 0 radical (unpaired) electrons. The molecule has 0 bridgehead atoms. The third kappa shape index (κ3) is 64.2. The van der Waals surface area contributed by atoms with Crippen LogP contribution in [0.2, 0.25) is 0 Å². The lowest BCUT2D eigenvalue weighted by Gasteiger charge is -2.19. The number of phosphoric ester groups is 1. The highest BCUT2D eigenvalue weighted by Crippen LogP contribution is 2.43. The first kappa shape index (κ1) is 76.2. The Morgan fingerprint density at radius 2 is 0.696 bits per heavy atom. The second kappa shape index (κ2) is 64.4. The molecule has 0 aromatic carbocycles. The summed E-state index contributed by atoms with van der Waals surface area (Å²) in [7, 11) is -4.39. The van der Waals surface area contributed by atoms with Crippen molar-refractivity contribution in [3.8, 4) is 0 Å². The summed E-state index contributed by atoms with van der Waals surface area (Å²) >= 11 is 0. The summed E-state index contributed by atoms with van der Waals surface area (Å²) < 4.78 is 33.1. The SMILES string of the molecule is CC/C=C\C/C=C\C/C=C\C/C=C\C/C=C\C/C=C\CCCCCCCCCCCCCCCCCCCCC(=O)OC(COC(=O)CCCCCCCCCCC/C=C\CCCCCCCCCC)COP(=O)(O)OCCN. The number of hydrogen-bond acceptors (Lipinski definition) is 8. The van der Waals surface area contributed by atoms with Gasteiger partial charge in [0.1, 0.15) is 6.61 Å². The maximum absolute atomic E-state index is 12.7. The molecule has 0 aliphatic carbocycles. The summed E-state index contributed by atoms with van der Waals surface area (Å²) in [6.07, 6.45) is 85.2. The largest absolute Gasteiger partial charge is 0.472 e. The first-order valence-corrected chi connectivity index (χ1v) is 34.6. The minimum Gasteiger partial charge on any atom is -0.462 e. The van der Waals surface area contributed by atoms with Crippen LogP contribution in [0.15, 0.2) is 85.1 Å². The fourth-order valence-corrected chi connectivity index (χ4v) is 10.2. The Balaban J connectivity index is 3.86. The third-order valence-electron chi connectivity index (χ3n) is 14.3. The van der Waals surface area contributed by atoms with Gasteiger partial charge in [-0.05, 0) is 89.9 Å². The van der Waals surface area contributed by atoms with E-state index in [1.165, 1.54) is 199 Å². The Hall–Kier alpha value is -2.81. The lowest BCUT2D eigenvalue weighted by atomic mass is 10.0. The van der Waals surface area contributed by atoms with Crippen molar-refractivity contribution in [1.82, 2.24) is 0 Å². The Morgan fingerprint density at radius 1 is 0.392 bits per heavy atom. The normalized spacial score (nSPS) is 13.5. The van der Waals surface area contributed by atoms with Crippen LogP contribution in [-0.2, 0) is 32.7 Å². The topological polar surface area (TPSA) is 134 Å². The molecule has 0 saturated heterocycles. The van der Waals surface area contributed by atoms with Crippen LogP contribution >= 0.6 is 7.82 Å². The van der Waals surface area contributed by atoms with Gasteiger partial charge in [-0.15, -0.1) is 0 Å². The Labute approximate surface area is 487 Å². The number of carbonyl (C=O) groups is 2. The third-order valence-corrected chi connectivity index (χ3v) is 15.2. The van der Waals surface area contributed by atoms with Gasteiger partial charge < -0.3 is 20.1 Å². The average molecular weight is 1130 g/mol. The van der Waals surface area contributed by atoms with Gasteiger partial charge in [0, 0.05) is 19.4 Å². The van der Waals surface area contributed by atoms with Crippen LogP contribution in [-0.4, -0.2) is 49.3 Å². The van der Waals surface area contributed by atoms with Crippen LogP contribution < -0.4 is 5.73 Å². The standard InChI is InChI=1S/C69H124NO8P/c1-3-5-7-9-11-13-15-17-19-21-23-25-26-27-28-29-30-31-32-33-34-35-36-37-38-39-40-42-44-46-48-50-52-54-56-58-60-62-69(72)78-67(66-77-79(73,74)76-64-63-70)65-75-68(71)61-59-57-55-53-51-49-47-45-43-41-24-22-20-18-16-14-12-10-8-6-4-2/h5,7,11,13,17,19,22-25,27-28,30-31,67H,3-4,6,8-10,12,14-16,18,20-21,26,29,32-66,70H2,1-2H3,(H,73,74)/b7-5-,13-11-,19-17-,24-22-,25-23-,28-27-,31-30-. The van der Waals surface area contributed by atoms with Crippen molar-refractivity contribution in [1.29, 1.82) is 0 Å². The van der Waals surface area contributed by atoms with Crippen LogP contribution in [0, 0.1) is 0 Å². The molecule has 0 rings (SSSR count). The fraction of sp³-hybridized carbons (Fsp3) is 0.768. The average Bonchev–Trinajstić information content (AvgIpc) is 3.44. The van der Waals surface area contributed by atoms with Gasteiger partial charge in [-0.3, -0.25) is 18.6 Å². The zero-order valence-electron chi connectivity index (χ0n) is 51.3. The highest BCUT2D eigenvalue weighted by Gasteiger charge is 2.26. The van der Waals surface area contributed by atoms with Gasteiger partial charge >= 0.3 is 19.8 Å². The van der Waals surface area contributed by atoms with E-state index in [-0.39, 0.29) is 38.6 Å². The van der Waals surface area contributed by atoms with E-state index in [1.807, 2.05) is 0 Å². The van der Waals surface area contributed by atoms with E-state index in [2.05, 4.69) is 98.9 Å². The van der Waals surface area contributed by atoms with Crippen LogP contribution in [0.4, 0.5) is 0 Å². The number of phosphoric acid groups is 1. The number of nitrogens with two attached hydrogens (primary N) is 1. The first-order valence-electron chi connectivity index (χ1n) is 33.1. The summed E-state index contributed by atoms with van der Waals surface area (Å²) in [5, 5.41) is 0. The van der Waals surface area contributed by atoms with Crippen molar-refractivity contribution in [3.05, 3.63) is 85.1 Å². The molecule has 0 aromatic heterocycles. The van der Waals surface area contributed by atoms with Gasteiger partial charge in [0.15, 0.2) is 6.10 Å². The molecule has 2 unspecified atom stereocenters. The van der Waals surface area contributed by atoms with Crippen LogP contribution in [0.3, 0.4) is 0 Å². The minimum absolute atomic E-state index is 0.0524. The van der Waals surface area contributed by atoms with Crippen molar-refractivity contribution in [2.45, 2.75) is 315 Å². The summed E-state index contributed by atoms with van der Waals surface area (Å²) in [5.41, 5.74) is 5.39. The predicted molar refractivity (Wildman–Crippen MR) is 339 cm³/mol. The van der Waals surface area contributed by atoms with Gasteiger partial charge in [-0.1, -0.05) is 292 Å². The molecule has 0 saturated carbocycles. The van der Waals surface area contributed by atoms with E-state index in [9.17, 15) is 19.0 Å². The molecule has 0 heterocycles. The number of esters is 2. The number of rotatable bonds is 62. The van der Waals surface area contributed by atoms with Gasteiger partial charge in [-0.25, -0.2) is 4.57 Å². The van der Waals surface area contributed by atoms with Crippen molar-refractivity contribution < 1.29 is 37.6 Å². The van der Waals surface area contributed by atoms with Crippen LogP contribution in [0.1, 0.15) is 309 Å². The van der Waals surface area contributed by atoms with Crippen LogP contribution in [0.25, 0.3) is 0 Å². The lowest BCUT2D eigenvalue weighted by Crippen LogP contribution is -2.29. The molecule has 0 aromatic rings. The van der Waals surface area contributed by atoms with Crippen molar-refractivity contribution in [3.63, 3.8) is 0 Å². The second-order valence-corrected chi connectivity index (χ2v) is 23.4. The Morgan fingerprint density at radius 3 is 1.05 bits per heavy atom. The zero-order valence-corrected chi connectivity index (χ0v) is 52.2. The quantitative estimate of drug-likeness (QED) is 0.0264. The molecule has 10 heteroatoms. The van der Waals surface area contributed by atoms with Crippen molar-refractivity contribution in [2.75, 3.05) is 26.4 Å². The van der Waals surface area contributed by atoms with E-state index in [1.54, 1.807) is 0 Å². The minimum atomic E-state index is -4.39. The summed E-state index contributed by atoms with van der Waals surface area (Å²) in [6, 6.07) is 0. The Kier molecular flexibility index (Phi) is 62.1. The van der Waals surface area contributed by atoms with Gasteiger partial charge in [0.05, 0.1) is 13.2 Å². The van der Waals surface area contributed by atoms with E-state index >= 15 is 0 Å². The highest BCUT2D eigenvalue weighted by atomic mass is 31.2. The molecular weight excluding hydrogens is 1000 g/mol. The molecule has 0 spiro atoms. The molecule has 0 fully saturated rings. The molecule has 2 atom stereocenters. The number of allylic oxidation sites excluding steroid dienone is 14. The molecule has 0 aliphatic rings. The van der Waals surface area contributed by atoms with E-state index < -0.39 is 26.5 Å². The number of unbranched alkanes of at least 4 members (excludes halogenated alkanes) is 35. The van der Waals surface area contributed by atoms with Crippen LogP contribution in [0.5, 0.6) is 0 Å². The number of ether oxygens (including phenoxy) is 2. The first-order chi connectivity index (χ1) is 38.8. The highest BCUT2D eigenvalue weighted by molar-refractivity contribution is 7.47. The second-order valence-electron chi connectivity index (χ2n) is 22.0. The summed E-state index contributed by atoms with van der Waals surface area (Å²) in [5.74, 6) is -0.819. The monoisotopic (exact) mass is 1130 g/mol. The van der Waals surface area contributed by atoms with Crippen molar-refractivity contribution >= 4 is 19.8 Å². The van der Waals surface area contributed by atoms with Gasteiger partial charge in [-0.2, -0.15) is 0 Å². The predicted octanol–water partition coefficient (Wildman–Crippen LogP) is 21.4. The van der Waals surface area contributed by atoms with Gasteiger partial charge in [0.2, 0.25) is 0 Å². The molecule has 9 nitrogen and oxygen atoms in total.